The molecule has 1 saturated heterocycles. The second-order valence-electron chi connectivity index (χ2n) is 5.75. The Kier molecular flexibility index (Phi) is 5.28. The molecule has 0 aliphatic carbocycles. The summed E-state index contributed by atoms with van der Waals surface area (Å²) in [6, 6.07) is 14.7. The predicted molar refractivity (Wildman–Crippen MR) is 99.4 cm³/mol. The molecule has 6 heteroatoms. The number of thioether (sulfide) groups is 1. The van der Waals surface area contributed by atoms with Crippen LogP contribution in [0.4, 0.5) is 5.69 Å². The lowest BCUT2D eigenvalue weighted by atomic mass is 10.2. The van der Waals surface area contributed by atoms with E-state index in [1.165, 1.54) is 11.8 Å². The highest BCUT2D eigenvalue weighted by Gasteiger charge is 2.33. The number of para-hydroxylation sites is 2. The minimum Gasteiger partial charge on any atom is -0.495 e. The summed E-state index contributed by atoms with van der Waals surface area (Å²) in [6.07, 6.45) is 2.22. The molecule has 1 aliphatic heterocycles. The molecular formula is C19H20N2O3S. The van der Waals surface area contributed by atoms with Gasteiger partial charge in [0.25, 0.3) is 5.91 Å². The molecule has 130 valence electrons. The van der Waals surface area contributed by atoms with E-state index in [0.29, 0.717) is 17.9 Å². The fourth-order valence-electron chi connectivity index (χ4n) is 2.99. The van der Waals surface area contributed by atoms with Crippen LogP contribution in [0.5, 0.6) is 5.75 Å². The summed E-state index contributed by atoms with van der Waals surface area (Å²) in [4.78, 5) is 27.6. The molecule has 0 bridgehead atoms. The first-order valence-electron chi connectivity index (χ1n) is 8.01. The third kappa shape index (κ3) is 3.64. The fourth-order valence-corrected chi connectivity index (χ4v) is 3.58. The van der Waals surface area contributed by atoms with Gasteiger partial charge in [-0.05, 0) is 30.5 Å². The first-order chi connectivity index (χ1) is 12.1. The van der Waals surface area contributed by atoms with Crippen LogP contribution in [0.1, 0.15) is 16.8 Å². The average Bonchev–Trinajstić information content (AvgIpc) is 3.01. The van der Waals surface area contributed by atoms with Crippen LogP contribution < -0.4 is 15.0 Å². The van der Waals surface area contributed by atoms with E-state index in [1.54, 1.807) is 18.1 Å². The van der Waals surface area contributed by atoms with E-state index in [4.69, 9.17) is 4.74 Å². The number of amides is 2. The van der Waals surface area contributed by atoms with Gasteiger partial charge in [-0.3, -0.25) is 9.59 Å². The van der Waals surface area contributed by atoms with E-state index in [0.717, 1.165) is 10.6 Å². The van der Waals surface area contributed by atoms with E-state index in [-0.39, 0.29) is 24.3 Å². The van der Waals surface area contributed by atoms with Crippen molar-refractivity contribution in [3.8, 4) is 5.75 Å². The van der Waals surface area contributed by atoms with Crippen molar-refractivity contribution in [1.82, 2.24) is 5.32 Å². The smallest absolute Gasteiger partial charge is 0.252 e. The monoisotopic (exact) mass is 356 g/mol. The third-order valence-corrected chi connectivity index (χ3v) is 4.98. The second-order valence-corrected chi connectivity index (χ2v) is 6.60. The number of nitrogens with zero attached hydrogens (tertiary/aromatic N) is 1. The van der Waals surface area contributed by atoms with E-state index in [1.807, 2.05) is 48.7 Å². The zero-order valence-corrected chi connectivity index (χ0v) is 15.0. The number of carbonyl (C=O) groups is 2. The SMILES string of the molecule is COc1ccccc1N1CC(NC(=O)c2ccccc2SC)CC1=O. The molecule has 0 spiro atoms. The lowest BCUT2D eigenvalue weighted by molar-refractivity contribution is -0.117. The van der Waals surface area contributed by atoms with Crippen molar-refractivity contribution >= 4 is 29.3 Å². The second kappa shape index (κ2) is 7.61. The number of hydrogen-bond acceptors (Lipinski definition) is 4. The van der Waals surface area contributed by atoms with Crippen LogP contribution in [-0.4, -0.2) is 37.8 Å². The Morgan fingerprint density at radius 3 is 2.68 bits per heavy atom. The molecule has 2 amide bonds. The maximum Gasteiger partial charge on any atom is 0.252 e. The largest absolute Gasteiger partial charge is 0.495 e. The summed E-state index contributed by atoms with van der Waals surface area (Å²) in [5.41, 5.74) is 1.37. The summed E-state index contributed by atoms with van der Waals surface area (Å²) in [5.74, 6) is 0.480. The maximum absolute atomic E-state index is 12.6. The number of rotatable bonds is 5. The number of hydrogen-bond donors (Lipinski definition) is 1. The van der Waals surface area contributed by atoms with Gasteiger partial charge in [-0.1, -0.05) is 24.3 Å². The topological polar surface area (TPSA) is 58.6 Å². The van der Waals surface area contributed by atoms with Gasteiger partial charge in [0.1, 0.15) is 5.75 Å². The van der Waals surface area contributed by atoms with Crippen molar-refractivity contribution in [2.45, 2.75) is 17.4 Å². The van der Waals surface area contributed by atoms with Crippen molar-refractivity contribution in [3.05, 3.63) is 54.1 Å². The Hall–Kier alpha value is -2.47. The molecule has 1 aliphatic rings. The minimum atomic E-state index is -0.222. The molecule has 2 aromatic carbocycles. The summed E-state index contributed by atoms with van der Waals surface area (Å²) in [6.45, 7) is 0.437. The highest BCUT2D eigenvalue weighted by Crippen LogP contribution is 2.31. The van der Waals surface area contributed by atoms with Gasteiger partial charge < -0.3 is 15.0 Å². The molecule has 1 fully saturated rings. The van der Waals surface area contributed by atoms with Crippen LogP contribution in [-0.2, 0) is 4.79 Å². The van der Waals surface area contributed by atoms with E-state index < -0.39 is 0 Å². The van der Waals surface area contributed by atoms with Crippen molar-refractivity contribution in [1.29, 1.82) is 0 Å². The van der Waals surface area contributed by atoms with Gasteiger partial charge in [0.2, 0.25) is 5.91 Å². The van der Waals surface area contributed by atoms with Crippen LogP contribution in [0, 0.1) is 0 Å². The summed E-state index contributed by atoms with van der Waals surface area (Å²) >= 11 is 1.53. The van der Waals surface area contributed by atoms with Crippen molar-refractivity contribution in [2.75, 3.05) is 24.8 Å². The van der Waals surface area contributed by atoms with Gasteiger partial charge in [-0.15, -0.1) is 11.8 Å². The standard InChI is InChI=1S/C19H20N2O3S/c1-24-16-9-5-4-8-15(16)21-12-13(11-18(21)22)20-19(23)14-7-3-6-10-17(14)25-2/h3-10,13H,11-12H2,1-2H3,(H,20,23). The zero-order valence-electron chi connectivity index (χ0n) is 14.2. The van der Waals surface area contributed by atoms with Gasteiger partial charge in [0, 0.05) is 17.9 Å². The zero-order chi connectivity index (χ0) is 17.8. The number of ether oxygens (including phenoxy) is 1. The molecule has 1 atom stereocenters. The van der Waals surface area contributed by atoms with Crippen LogP contribution in [0.15, 0.2) is 53.4 Å². The number of carbonyl (C=O) groups excluding carboxylic acids is 2. The molecule has 1 N–H and O–H groups in total. The summed E-state index contributed by atoms with van der Waals surface area (Å²) < 4.78 is 5.34. The van der Waals surface area contributed by atoms with Crippen molar-refractivity contribution < 1.29 is 14.3 Å². The van der Waals surface area contributed by atoms with E-state index in [2.05, 4.69) is 5.32 Å². The molecule has 0 aromatic heterocycles. The lowest BCUT2D eigenvalue weighted by Gasteiger charge is -2.20. The Labute approximate surface area is 151 Å². The fraction of sp³-hybridized carbons (Fsp3) is 0.263. The van der Waals surface area contributed by atoms with Gasteiger partial charge in [0.15, 0.2) is 0 Å². The Morgan fingerprint density at radius 1 is 1.20 bits per heavy atom. The first-order valence-corrected chi connectivity index (χ1v) is 9.23. The number of benzene rings is 2. The number of nitrogens with one attached hydrogen (secondary N) is 1. The first kappa shape index (κ1) is 17.4. The van der Waals surface area contributed by atoms with Gasteiger partial charge in [-0.2, -0.15) is 0 Å². The van der Waals surface area contributed by atoms with Crippen LogP contribution in [0.3, 0.4) is 0 Å². The minimum absolute atomic E-state index is 0.0204. The van der Waals surface area contributed by atoms with Crippen molar-refractivity contribution in [3.63, 3.8) is 0 Å². The van der Waals surface area contributed by atoms with E-state index in [9.17, 15) is 9.59 Å². The average molecular weight is 356 g/mol. The van der Waals surface area contributed by atoms with Crippen molar-refractivity contribution in [2.24, 2.45) is 0 Å². The van der Waals surface area contributed by atoms with Crippen LogP contribution >= 0.6 is 11.8 Å². The third-order valence-electron chi connectivity index (χ3n) is 4.19. The Morgan fingerprint density at radius 2 is 1.92 bits per heavy atom. The molecule has 0 radical (unpaired) electrons. The van der Waals surface area contributed by atoms with Crippen LogP contribution in [0.25, 0.3) is 0 Å². The Balaban J connectivity index is 1.74. The summed E-state index contributed by atoms with van der Waals surface area (Å²) in [5, 5.41) is 2.98. The Bertz CT molecular complexity index is 794. The molecule has 1 unspecified atom stereocenters. The molecule has 3 rings (SSSR count). The molecule has 0 saturated carbocycles. The highest BCUT2D eigenvalue weighted by molar-refractivity contribution is 7.98. The van der Waals surface area contributed by atoms with Crippen LogP contribution in [0.2, 0.25) is 0 Å². The normalized spacial score (nSPS) is 16.8. The molecular weight excluding hydrogens is 336 g/mol. The summed E-state index contributed by atoms with van der Waals surface area (Å²) in [7, 11) is 1.58. The van der Waals surface area contributed by atoms with E-state index >= 15 is 0 Å². The number of anilines is 1. The molecule has 1 heterocycles. The lowest BCUT2D eigenvalue weighted by Crippen LogP contribution is -2.37. The quantitative estimate of drug-likeness (QED) is 0.837. The van der Waals surface area contributed by atoms with Gasteiger partial charge in [-0.25, -0.2) is 0 Å². The van der Waals surface area contributed by atoms with Gasteiger partial charge >= 0.3 is 0 Å². The maximum atomic E-state index is 12.6. The van der Waals surface area contributed by atoms with Gasteiger partial charge in [0.05, 0.1) is 24.4 Å². The highest BCUT2D eigenvalue weighted by atomic mass is 32.2. The molecule has 2 aromatic rings. The predicted octanol–water partition coefficient (Wildman–Crippen LogP) is 2.95. The number of methoxy groups -OCH3 is 1. The molecule has 5 nitrogen and oxygen atoms in total. The molecule has 25 heavy (non-hydrogen) atoms.